The molecule has 1 fully saturated rings. The summed E-state index contributed by atoms with van der Waals surface area (Å²) in [5.74, 6) is 0.857. The van der Waals surface area contributed by atoms with Crippen LogP contribution in [0.4, 0.5) is 0 Å². The van der Waals surface area contributed by atoms with Gasteiger partial charge in [0.2, 0.25) is 11.8 Å². The summed E-state index contributed by atoms with van der Waals surface area (Å²) in [4.78, 5) is 23.3. The van der Waals surface area contributed by atoms with Crippen LogP contribution in [0.2, 0.25) is 0 Å². The highest BCUT2D eigenvalue weighted by Gasteiger charge is 2.22. The van der Waals surface area contributed by atoms with E-state index in [9.17, 15) is 9.59 Å². The molecular formula is C18H24N2O4. The molecule has 0 heterocycles. The van der Waals surface area contributed by atoms with Gasteiger partial charge in [0.05, 0.1) is 19.8 Å². The zero-order valence-electron chi connectivity index (χ0n) is 14.1. The Balaban J connectivity index is 1.88. The van der Waals surface area contributed by atoms with Gasteiger partial charge in [-0.3, -0.25) is 9.59 Å². The van der Waals surface area contributed by atoms with Crippen LogP contribution in [0, 0.1) is 0 Å². The highest BCUT2D eigenvalue weighted by Crippen LogP contribution is 2.28. The maximum absolute atomic E-state index is 11.8. The number of ether oxygens (including phenoxy) is 2. The molecule has 0 saturated heterocycles. The summed E-state index contributed by atoms with van der Waals surface area (Å²) in [6.07, 6.45) is 5.13. The number of hydrogen-bond acceptors (Lipinski definition) is 4. The molecular weight excluding hydrogens is 308 g/mol. The fourth-order valence-corrected chi connectivity index (χ4v) is 2.08. The van der Waals surface area contributed by atoms with Crippen molar-refractivity contribution in [1.29, 1.82) is 0 Å². The minimum Gasteiger partial charge on any atom is -0.490 e. The van der Waals surface area contributed by atoms with Crippen LogP contribution in [0.15, 0.2) is 24.3 Å². The molecule has 0 atom stereocenters. The largest absolute Gasteiger partial charge is 0.490 e. The normalized spacial score (nSPS) is 13.6. The summed E-state index contributed by atoms with van der Waals surface area (Å²) < 4.78 is 11.0. The monoisotopic (exact) mass is 332 g/mol. The minimum absolute atomic E-state index is 0.00680. The molecule has 0 bridgehead atoms. The Hall–Kier alpha value is -2.50. The third-order valence-electron chi connectivity index (χ3n) is 3.36. The molecule has 0 radical (unpaired) electrons. The lowest BCUT2D eigenvalue weighted by atomic mass is 10.2. The quantitative estimate of drug-likeness (QED) is 0.677. The van der Waals surface area contributed by atoms with E-state index >= 15 is 0 Å². The van der Waals surface area contributed by atoms with Gasteiger partial charge in [0, 0.05) is 12.1 Å². The van der Waals surface area contributed by atoms with Gasteiger partial charge in [0.15, 0.2) is 11.5 Å². The van der Waals surface area contributed by atoms with Crippen LogP contribution in [0.3, 0.4) is 0 Å². The fourth-order valence-electron chi connectivity index (χ4n) is 2.08. The second-order valence-electron chi connectivity index (χ2n) is 5.47. The molecule has 1 aliphatic rings. The van der Waals surface area contributed by atoms with Crippen molar-refractivity contribution in [2.24, 2.45) is 0 Å². The molecule has 1 aromatic rings. The molecule has 1 aromatic carbocycles. The van der Waals surface area contributed by atoms with Crippen LogP contribution >= 0.6 is 0 Å². The molecule has 24 heavy (non-hydrogen) atoms. The molecule has 0 aliphatic heterocycles. The summed E-state index contributed by atoms with van der Waals surface area (Å²) in [6, 6.07) is 5.77. The lowest BCUT2D eigenvalue weighted by molar-refractivity contribution is -0.124. The van der Waals surface area contributed by atoms with Gasteiger partial charge in [0.1, 0.15) is 0 Å². The lowest BCUT2D eigenvalue weighted by Crippen LogP contribution is -2.37. The molecule has 0 spiro atoms. The van der Waals surface area contributed by atoms with E-state index in [2.05, 4.69) is 10.6 Å². The number of benzene rings is 1. The molecule has 130 valence electrons. The van der Waals surface area contributed by atoms with Crippen molar-refractivity contribution in [3.63, 3.8) is 0 Å². The van der Waals surface area contributed by atoms with E-state index in [4.69, 9.17) is 9.47 Å². The summed E-state index contributed by atoms with van der Waals surface area (Å²) in [5.41, 5.74) is 0.819. The van der Waals surface area contributed by atoms with Gasteiger partial charge in [-0.25, -0.2) is 0 Å². The Labute approximate surface area is 142 Å². The van der Waals surface area contributed by atoms with E-state index in [0.29, 0.717) is 30.8 Å². The van der Waals surface area contributed by atoms with Crippen molar-refractivity contribution in [2.45, 2.75) is 32.7 Å². The van der Waals surface area contributed by atoms with Gasteiger partial charge in [-0.05, 0) is 50.5 Å². The van der Waals surface area contributed by atoms with Gasteiger partial charge in [0.25, 0.3) is 0 Å². The smallest absolute Gasteiger partial charge is 0.244 e. The Kier molecular flexibility index (Phi) is 6.66. The van der Waals surface area contributed by atoms with Crippen molar-refractivity contribution in [3.8, 4) is 11.5 Å². The van der Waals surface area contributed by atoms with E-state index in [1.165, 1.54) is 6.08 Å². The number of hydrogen-bond donors (Lipinski definition) is 2. The van der Waals surface area contributed by atoms with Crippen LogP contribution in [0.5, 0.6) is 11.5 Å². The lowest BCUT2D eigenvalue weighted by Gasteiger charge is -2.11. The number of amides is 2. The van der Waals surface area contributed by atoms with Gasteiger partial charge < -0.3 is 20.1 Å². The van der Waals surface area contributed by atoms with Crippen molar-refractivity contribution >= 4 is 17.9 Å². The topological polar surface area (TPSA) is 76.7 Å². The van der Waals surface area contributed by atoms with Gasteiger partial charge in [-0.15, -0.1) is 0 Å². The van der Waals surface area contributed by atoms with E-state index < -0.39 is 0 Å². The first kappa shape index (κ1) is 17.8. The van der Waals surface area contributed by atoms with Crippen LogP contribution < -0.4 is 20.1 Å². The molecule has 1 saturated carbocycles. The molecule has 6 nitrogen and oxygen atoms in total. The number of carbonyl (C=O) groups is 2. The SMILES string of the molecule is CCOc1ccc(/C=C/C(=O)NCC(=O)NC2CC2)cc1OCC. The maximum Gasteiger partial charge on any atom is 0.244 e. The minimum atomic E-state index is -0.312. The molecule has 1 aliphatic carbocycles. The molecule has 2 N–H and O–H groups in total. The molecule has 2 amide bonds. The van der Waals surface area contributed by atoms with E-state index in [-0.39, 0.29) is 18.4 Å². The second kappa shape index (κ2) is 8.96. The van der Waals surface area contributed by atoms with Gasteiger partial charge in [-0.1, -0.05) is 6.07 Å². The Morgan fingerprint density at radius 3 is 2.54 bits per heavy atom. The summed E-state index contributed by atoms with van der Waals surface area (Å²) in [6.45, 7) is 4.89. The fraction of sp³-hybridized carbons (Fsp3) is 0.444. The van der Waals surface area contributed by atoms with E-state index in [1.54, 1.807) is 6.08 Å². The third-order valence-corrected chi connectivity index (χ3v) is 3.36. The summed E-state index contributed by atoms with van der Waals surface area (Å²) >= 11 is 0. The Bertz CT molecular complexity index is 609. The zero-order valence-corrected chi connectivity index (χ0v) is 14.1. The van der Waals surface area contributed by atoms with Crippen molar-refractivity contribution in [1.82, 2.24) is 10.6 Å². The number of carbonyl (C=O) groups excluding carboxylic acids is 2. The van der Waals surface area contributed by atoms with E-state index in [0.717, 1.165) is 18.4 Å². The zero-order chi connectivity index (χ0) is 17.4. The highest BCUT2D eigenvalue weighted by molar-refractivity contribution is 5.94. The van der Waals surface area contributed by atoms with Crippen LogP contribution in [-0.2, 0) is 9.59 Å². The summed E-state index contributed by atoms with van der Waals surface area (Å²) in [5, 5.41) is 5.38. The average Bonchev–Trinajstić information content (AvgIpc) is 3.37. The first-order valence-corrected chi connectivity index (χ1v) is 8.27. The van der Waals surface area contributed by atoms with Gasteiger partial charge >= 0.3 is 0 Å². The Morgan fingerprint density at radius 1 is 1.17 bits per heavy atom. The Morgan fingerprint density at radius 2 is 1.88 bits per heavy atom. The molecule has 0 aromatic heterocycles. The summed E-state index contributed by atoms with van der Waals surface area (Å²) in [7, 11) is 0. The van der Waals surface area contributed by atoms with Crippen molar-refractivity contribution < 1.29 is 19.1 Å². The number of nitrogens with one attached hydrogen (secondary N) is 2. The van der Waals surface area contributed by atoms with Crippen molar-refractivity contribution in [2.75, 3.05) is 19.8 Å². The van der Waals surface area contributed by atoms with E-state index in [1.807, 2.05) is 32.0 Å². The first-order chi connectivity index (χ1) is 11.6. The standard InChI is InChI=1S/C18H24N2O4/c1-3-23-15-9-5-13(11-16(15)24-4-2)6-10-17(21)19-12-18(22)20-14-7-8-14/h5-6,9-11,14H,3-4,7-8,12H2,1-2H3,(H,19,21)(H,20,22)/b10-6+. The van der Waals surface area contributed by atoms with Crippen LogP contribution in [0.25, 0.3) is 6.08 Å². The predicted octanol–water partition coefficient (Wildman–Crippen LogP) is 1.89. The third kappa shape index (κ3) is 5.95. The maximum atomic E-state index is 11.8. The molecule has 6 heteroatoms. The average molecular weight is 332 g/mol. The predicted molar refractivity (Wildman–Crippen MR) is 92.0 cm³/mol. The number of rotatable bonds is 9. The molecule has 2 rings (SSSR count). The second-order valence-corrected chi connectivity index (χ2v) is 5.47. The molecule has 0 unspecified atom stereocenters. The van der Waals surface area contributed by atoms with Crippen LogP contribution in [0.1, 0.15) is 32.3 Å². The van der Waals surface area contributed by atoms with Crippen LogP contribution in [-0.4, -0.2) is 37.6 Å². The first-order valence-electron chi connectivity index (χ1n) is 8.27. The highest BCUT2D eigenvalue weighted by atomic mass is 16.5. The van der Waals surface area contributed by atoms with Crippen molar-refractivity contribution in [3.05, 3.63) is 29.8 Å². The van der Waals surface area contributed by atoms with Gasteiger partial charge in [-0.2, -0.15) is 0 Å².